The number of hydrogen-bond donors (Lipinski definition) is 2. The average molecular weight is 291 g/mol. The molecule has 0 amide bonds. The van der Waals surface area contributed by atoms with Gasteiger partial charge in [-0.25, -0.2) is 0 Å². The van der Waals surface area contributed by atoms with Crippen LogP contribution in [0.4, 0.5) is 17.8 Å². The van der Waals surface area contributed by atoms with E-state index in [4.69, 9.17) is 0 Å². The highest BCUT2D eigenvalue weighted by atomic mass is 15.3. The van der Waals surface area contributed by atoms with E-state index in [-0.39, 0.29) is 0 Å². The minimum absolute atomic E-state index is 0.637. The van der Waals surface area contributed by atoms with E-state index >= 15 is 0 Å². The summed E-state index contributed by atoms with van der Waals surface area (Å²) in [5.41, 5.74) is 0. The molecule has 1 unspecified atom stereocenters. The van der Waals surface area contributed by atoms with Crippen molar-refractivity contribution in [3.63, 3.8) is 0 Å². The Balaban J connectivity index is 1.67. The number of likely N-dealkylation sites (tertiary alicyclic amines) is 1. The zero-order chi connectivity index (χ0) is 14.7. The molecule has 2 saturated heterocycles. The lowest BCUT2D eigenvalue weighted by molar-refractivity contribution is 0.399. The third-order valence-electron chi connectivity index (χ3n) is 4.27. The number of nitrogens with one attached hydrogen (secondary N) is 2. The van der Waals surface area contributed by atoms with Crippen LogP contribution in [0.2, 0.25) is 0 Å². The van der Waals surface area contributed by atoms with Crippen LogP contribution in [0.5, 0.6) is 0 Å². The molecule has 2 aliphatic heterocycles. The van der Waals surface area contributed by atoms with E-state index in [0.717, 1.165) is 32.1 Å². The van der Waals surface area contributed by atoms with Crippen LogP contribution in [0, 0.1) is 5.92 Å². The summed E-state index contributed by atoms with van der Waals surface area (Å²) in [5, 5.41) is 6.42. The molecule has 2 N–H and O–H groups in total. The monoisotopic (exact) mass is 291 g/mol. The molecule has 3 rings (SSSR count). The van der Waals surface area contributed by atoms with Crippen molar-refractivity contribution in [2.24, 2.45) is 5.92 Å². The largest absolute Gasteiger partial charge is 0.357 e. The fourth-order valence-electron chi connectivity index (χ4n) is 3.04. The van der Waals surface area contributed by atoms with E-state index in [1.54, 1.807) is 0 Å². The van der Waals surface area contributed by atoms with Crippen molar-refractivity contribution in [2.45, 2.75) is 19.3 Å². The standard InChI is InChI=1S/C14H25N7/c1-15-12-17-13(16-9-11-5-8-20(2)10-11)19-14(18-12)21-6-3-4-7-21/h11H,3-10H2,1-2H3,(H2,15,16,17,18,19). The van der Waals surface area contributed by atoms with E-state index in [1.165, 1.54) is 25.8 Å². The lowest BCUT2D eigenvalue weighted by Crippen LogP contribution is -2.23. The molecule has 1 atom stereocenters. The zero-order valence-corrected chi connectivity index (χ0v) is 13.0. The predicted octanol–water partition coefficient (Wildman–Crippen LogP) is 0.877. The quantitative estimate of drug-likeness (QED) is 0.834. The van der Waals surface area contributed by atoms with Crippen molar-refractivity contribution in [3.05, 3.63) is 0 Å². The maximum absolute atomic E-state index is 4.58. The molecule has 0 radical (unpaired) electrons. The molecule has 2 fully saturated rings. The number of anilines is 3. The van der Waals surface area contributed by atoms with Crippen molar-refractivity contribution in [2.75, 3.05) is 62.4 Å². The van der Waals surface area contributed by atoms with Gasteiger partial charge in [0.1, 0.15) is 0 Å². The highest BCUT2D eigenvalue weighted by Gasteiger charge is 2.20. The highest BCUT2D eigenvalue weighted by molar-refractivity contribution is 5.44. The summed E-state index contributed by atoms with van der Waals surface area (Å²) >= 11 is 0. The fourth-order valence-corrected chi connectivity index (χ4v) is 3.04. The van der Waals surface area contributed by atoms with Gasteiger partial charge in [-0.1, -0.05) is 0 Å². The Morgan fingerprint density at radius 1 is 1.10 bits per heavy atom. The van der Waals surface area contributed by atoms with Crippen LogP contribution in [0.1, 0.15) is 19.3 Å². The Bertz CT molecular complexity index is 472. The van der Waals surface area contributed by atoms with Crippen LogP contribution in [-0.4, -0.2) is 66.7 Å². The van der Waals surface area contributed by atoms with Crippen molar-refractivity contribution in [1.82, 2.24) is 19.9 Å². The van der Waals surface area contributed by atoms with E-state index in [2.05, 4.69) is 42.4 Å². The van der Waals surface area contributed by atoms with Gasteiger partial charge < -0.3 is 20.4 Å². The number of nitrogens with zero attached hydrogens (tertiary/aromatic N) is 5. The molecule has 1 aromatic rings. The van der Waals surface area contributed by atoms with Gasteiger partial charge in [-0.15, -0.1) is 0 Å². The third-order valence-corrected chi connectivity index (χ3v) is 4.27. The molecule has 21 heavy (non-hydrogen) atoms. The minimum Gasteiger partial charge on any atom is -0.357 e. The number of rotatable bonds is 5. The van der Waals surface area contributed by atoms with Gasteiger partial charge in [-0.3, -0.25) is 0 Å². The highest BCUT2D eigenvalue weighted by Crippen LogP contribution is 2.19. The first-order chi connectivity index (χ1) is 10.2. The van der Waals surface area contributed by atoms with Gasteiger partial charge in [0, 0.05) is 33.2 Å². The van der Waals surface area contributed by atoms with Gasteiger partial charge >= 0.3 is 0 Å². The van der Waals surface area contributed by atoms with Crippen LogP contribution < -0.4 is 15.5 Å². The summed E-state index contributed by atoms with van der Waals surface area (Å²) in [5.74, 6) is 2.79. The zero-order valence-electron chi connectivity index (χ0n) is 13.0. The van der Waals surface area contributed by atoms with E-state index < -0.39 is 0 Å². The molecule has 0 spiro atoms. The summed E-state index contributed by atoms with van der Waals surface area (Å²) in [6, 6.07) is 0. The van der Waals surface area contributed by atoms with Crippen LogP contribution in [0.3, 0.4) is 0 Å². The van der Waals surface area contributed by atoms with Crippen LogP contribution in [0.25, 0.3) is 0 Å². The van der Waals surface area contributed by atoms with Crippen LogP contribution in [0.15, 0.2) is 0 Å². The van der Waals surface area contributed by atoms with Gasteiger partial charge in [0.05, 0.1) is 0 Å². The molecule has 1 aromatic heterocycles. The molecule has 116 valence electrons. The Morgan fingerprint density at radius 3 is 2.52 bits per heavy atom. The molecule has 0 aromatic carbocycles. The first-order valence-electron chi connectivity index (χ1n) is 7.86. The third kappa shape index (κ3) is 3.53. The minimum atomic E-state index is 0.637. The van der Waals surface area contributed by atoms with E-state index in [1.807, 2.05) is 7.05 Å². The topological polar surface area (TPSA) is 69.2 Å². The summed E-state index contributed by atoms with van der Waals surface area (Å²) in [6.45, 7) is 5.34. The lowest BCUT2D eigenvalue weighted by atomic mass is 10.1. The predicted molar refractivity (Wildman–Crippen MR) is 84.9 cm³/mol. The molecule has 7 nitrogen and oxygen atoms in total. The Hall–Kier alpha value is -1.63. The maximum atomic E-state index is 4.58. The summed E-state index contributed by atoms with van der Waals surface area (Å²) in [7, 11) is 4.02. The van der Waals surface area contributed by atoms with Gasteiger partial charge in [-0.05, 0) is 38.8 Å². The lowest BCUT2D eigenvalue weighted by Gasteiger charge is -2.17. The molecule has 0 saturated carbocycles. The smallest absolute Gasteiger partial charge is 0.231 e. The SMILES string of the molecule is CNc1nc(NCC2CCN(C)C2)nc(N2CCCC2)n1. The molecule has 7 heteroatoms. The van der Waals surface area contributed by atoms with Gasteiger partial charge in [-0.2, -0.15) is 15.0 Å². The second-order valence-corrected chi connectivity index (χ2v) is 6.02. The molecular weight excluding hydrogens is 266 g/mol. The summed E-state index contributed by atoms with van der Waals surface area (Å²) in [4.78, 5) is 18.1. The van der Waals surface area contributed by atoms with Crippen LogP contribution in [-0.2, 0) is 0 Å². The van der Waals surface area contributed by atoms with E-state index in [0.29, 0.717) is 17.8 Å². The molecule has 2 aliphatic rings. The second kappa shape index (κ2) is 6.43. The molecule has 0 bridgehead atoms. The van der Waals surface area contributed by atoms with Crippen molar-refractivity contribution in [3.8, 4) is 0 Å². The van der Waals surface area contributed by atoms with Gasteiger partial charge in [0.2, 0.25) is 17.8 Å². The van der Waals surface area contributed by atoms with Crippen molar-refractivity contribution < 1.29 is 0 Å². The Kier molecular flexibility index (Phi) is 4.38. The summed E-state index contributed by atoms with van der Waals surface area (Å²) in [6.07, 6.45) is 3.68. The normalized spacial score (nSPS) is 22.8. The average Bonchev–Trinajstić information content (AvgIpc) is 3.16. The Morgan fingerprint density at radius 2 is 1.86 bits per heavy atom. The number of aromatic nitrogens is 3. The van der Waals surface area contributed by atoms with Crippen LogP contribution >= 0.6 is 0 Å². The Labute approximate surface area is 126 Å². The maximum Gasteiger partial charge on any atom is 0.231 e. The molecule has 0 aliphatic carbocycles. The first kappa shape index (κ1) is 14.3. The first-order valence-corrected chi connectivity index (χ1v) is 7.86. The van der Waals surface area contributed by atoms with Crippen molar-refractivity contribution in [1.29, 1.82) is 0 Å². The van der Waals surface area contributed by atoms with Gasteiger partial charge in [0.15, 0.2) is 0 Å². The molecular formula is C14H25N7. The number of hydrogen-bond acceptors (Lipinski definition) is 7. The van der Waals surface area contributed by atoms with E-state index in [9.17, 15) is 0 Å². The fraction of sp³-hybridized carbons (Fsp3) is 0.786. The molecule has 3 heterocycles. The second-order valence-electron chi connectivity index (χ2n) is 6.02. The summed E-state index contributed by atoms with van der Waals surface area (Å²) < 4.78 is 0. The van der Waals surface area contributed by atoms with Gasteiger partial charge in [0.25, 0.3) is 0 Å². The van der Waals surface area contributed by atoms with Crippen molar-refractivity contribution >= 4 is 17.8 Å².